The third-order valence-corrected chi connectivity index (χ3v) is 2.45. The van der Waals surface area contributed by atoms with Gasteiger partial charge in [0.05, 0.1) is 6.54 Å². The summed E-state index contributed by atoms with van der Waals surface area (Å²) in [4.78, 5) is 11.5. The van der Waals surface area contributed by atoms with Crippen LogP contribution in [0.2, 0.25) is 0 Å². The highest BCUT2D eigenvalue weighted by Crippen LogP contribution is 2.10. The van der Waals surface area contributed by atoms with E-state index in [9.17, 15) is 9.18 Å². The number of hydrogen-bond acceptors (Lipinski definition) is 2. The Morgan fingerprint density at radius 2 is 2.21 bits per heavy atom. The molecule has 0 atom stereocenters. The van der Waals surface area contributed by atoms with Crippen molar-refractivity contribution in [3.8, 4) is 11.8 Å². The molecule has 3 N–H and O–H groups in total. The van der Waals surface area contributed by atoms with Crippen LogP contribution < -0.4 is 11.1 Å². The van der Waals surface area contributed by atoms with Gasteiger partial charge < -0.3 is 11.1 Å². The van der Waals surface area contributed by atoms with Gasteiger partial charge >= 0.3 is 0 Å². The molecule has 0 aliphatic rings. The van der Waals surface area contributed by atoms with Crippen LogP contribution in [-0.2, 0) is 11.3 Å². The SMILES string of the molecule is CC(C)CC(=O)NCc1cc(C#CCN)ccc1F. The maximum Gasteiger partial charge on any atom is 0.220 e. The predicted octanol–water partition coefficient (Wildman–Crippen LogP) is 1.80. The van der Waals surface area contributed by atoms with E-state index in [1.165, 1.54) is 6.07 Å². The lowest BCUT2D eigenvalue weighted by Gasteiger charge is -2.08. The average Bonchev–Trinajstić information content (AvgIpc) is 2.35. The third-order valence-electron chi connectivity index (χ3n) is 2.45. The first-order chi connectivity index (χ1) is 9.02. The maximum atomic E-state index is 13.6. The second-order valence-electron chi connectivity index (χ2n) is 4.69. The molecule has 0 bridgehead atoms. The van der Waals surface area contributed by atoms with Crippen molar-refractivity contribution in [1.82, 2.24) is 5.32 Å². The fourth-order valence-electron chi connectivity index (χ4n) is 1.58. The lowest BCUT2D eigenvalue weighted by atomic mass is 10.1. The van der Waals surface area contributed by atoms with Gasteiger partial charge in [0.1, 0.15) is 5.82 Å². The van der Waals surface area contributed by atoms with Gasteiger partial charge in [-0.25, -0.2) is 4.39 Å². The molecule has 1 rings (SSSR count). The summed E-state index contributed by atoms with van der Waals surface area (Å²) in [6.07, 6.45) is 0.439. The topological polar surface area (TPSA) is 55.1 Å². The summed E-state index contributed by atoms with van der Waals surface area (Å²) in [7, 11) is 0. The second kappa shape index (κ2) is 7.55. The standard InChI is InChI=1S/C15H19FN2O/c1-11(2)8-15(19)18-10-13-9-12(4-3-7-17)5-6-14(13)16/h5-6,9,11H,7-8,10,17H2,1-2H3,(H,18,19). The van der Waals surface area contributed by atoms with Crippen LogP contribution >= 0.6 is 0 Å². The van der Waals surface area contributed by atoms with Crippen LogP contribution in [0.3, 0.4) is 0 Å². The maximum absolute atomic E-state index is 13.6. The zero-order chi connectivity index (χ0) is 14.3. The molecule has 3 nitrogen and oxygen atoms in total. The largest absolute Gasteiger partial charge is 0.352 e. The molecule has 1 aromatic rings. The molecule has 0 saturated heterocycles. The molecule has 0 aliphatic carbocycles. The van der Waals surface area contributed by atoms with E-state index in [4.69, 9.17) is 5.73 Å². The number of nitrogens with one attached hydrogen (secondary N) is 1. The molecule has 4 heteroatoms. The Morgan fingerprint density at radius 1 is 1.47 bits per heavy atom. The predicted molar refractivity (Wildman–Crippen MR) is 73.6 cm³/mol. The normalized spacial score (nSPS) is 9.95. The fourth-order valence-corrected chi connectivity index (χ4v) is 1.58. The van der Waals surface area contributed by atoms with Crippen molar-refractivity contribution in [3.05, 3.63) is 35.1 Å². The van der Waals surface area contributed by atoms with Crippen LogP contribution in [0.1, 0.15) is 31.4 Å². The van der Waals surface area contributed by atoms with Crippen LogP contribution in [0, 0.1) is 23.6 Å². The van der Waals surface area contributed by atoms with Crippen molar-refractivity contribution >= 4 is 5.91 Å². The molecule has 0 heterocycles. The molecule has 1 amide bonds. The van der Waals surface area contributed by atoms with E-state index in [2.05, 4.69) is 17.2 Å². The number of rotatable bonds is 4. The highest BCUT2D eigenvalue weighted by Gasteiger charge is 2.07. The first-order valence-corrected chi connectivity index (χ1v) is 6.27. The minimum absolute atomic E-state index is 0.0761. The van der Waals surface area contributed by atoms with E-state index >= 15 is 0 Å². The van der Waals surface area contributed by atoms with E-state index < -0.39 is 0 Å². The van der Waals surface area contributed by atoms with Crippen LogP contribution in [0.4, 0.5) is 4.39 Å². The van der Waals surface area contributed by atoms with Gasteiger partial charge in [0.2, 0.25) is 5.91 Å². The molecule has 0 unspecified atom stereocenters. The Kier molecular flexibility index (Phi) is 6.04. The summed E-state index contributed by atoms with van der Waals surface area (Å²) in [6, 6.07) is 4.58. The molecule has 0 spiro atoms. The van der Waals surface area contributed by atoms with Crippen LogP contribution in [0.15, 0.2) is 18.2 Å². The minimum atomic E-state index is -0.344. The number of nitrogens with two attached hydrogens (primary N) is 1. The highest BCUT2D eigenvalue weighted by molar-refractivity contribution is 5.76. The quantitative estimate of drug-likeness (QED) is 0.813. The molecule has 0 aromatic heterocycles. The first kappa shape index (κ1) is 15.2. The molecule has 0 saturated carbocycles. The second-order valence-corrected chi connectivity index (χ2v) is 4.69. The molecule has 1 aromatic carbocycles. The number of carbonyl (C=O) groups excluding carboxylic acids is 1. The van der Waals surface area contributed by atoms with Crippen molar-refractivity contribution in [3.63, 3.8) is 0 Å². The van der Waals surface area contributed by atoms with Crippen molar-refractivity contribution in [2.45, 2.75) is 26.8 Å². The van der Waals surface area contributed by atoms with Gasteiger partial charge in [0.15, 0.2) is 0 Å². The minimum Gasteiger partial charge on any atom is -0.352 e. The average molecular weight is 262 g/mol. The van der Waals surface area contributed by atoms with Crippen LogP contribution in [0.5, 0.6) is 0 Å². The molecular weight excluding hydrogens is 243 g/mol. The molecule has 19 heavy (non-hydrogen) atoms. The van der Waals surface area contributed by atoms with Gasteiger partial charge in [-0.3, -0.25) is 4.79 Å². The van der Waals surface area contributed by atoms with E-state index in [1.54, 1.807) is 12.1 Å². The summed E-state index contributed by atoms with van der Waals surface area (Å²) in [5.41, 5.74) is 6.41. The number of carbonyl (C=O) groups is 1. The zero-order valence-electron chi connectivity index (χ0n) is 11.3. The molecule has 102 valence electrons. The summed E-state index contributed by atoms with van der Waals surface area (Å²) in [5.74, 6) is 5.41. The lowest BCUT2D eigenvalue weighted by Crippen LogP contribution is -2.24. The molecule has 0 aliphatic heterocycles. The number of benzene rings is 1. The van der Waals surface area contributed by atoms with E-state index in [1.807, 2.05) is 13.8 Å². The Labute approximate surface area is 113 Å². The van der Waals surface area contributed by atoms with Crippen molar-refractivity contribution in [1.29, 1.82) is 0 Å². The molecule has 0 radical (unpaired) electrons. The fraction of sp³-hybridized carbons (Fsp3) is 0.400. The Bertz CT molecular complexity index is 501. The van der Waals surface area contributed by atoms with Crippen molar-refractivity contribution < 1.29 is 9.18 Å². The summed E-state index contributed by atoms with van der Waals surface area (Å²) in [6.45, 7) is 4.36. The Balaban J connectivity index is 2.69. The smallest absolute Gasteiger partial charge is 0.220 e. The third kappa shape index (κ3) is 5.54. The summed E-state index contributed by atoms with van der Waals surface area (Å²) >= 11 is 0. The molecule has 0 fully saturated rings. The zero-order valence-corrected chi connectivity index (χ0v) is 11.3. The number of halogens is 1. The van der Waals surface area contributed by atoms with Crippen molar-refractivity contribution in [2.75, 3.05) is 6.54 Å². The van der Waals surface area contributed by atoms with Gasteiger partial charge in [0, 0.05) is 24.1 Å². The highest BCUT2D eigenvalue weighted by atomic mass is 19.1. The van der Waals surface area contributed by atoms with Gasteiger partial charge in [0.25, 0.3) is 0 Å². The number of amides is 1. The summed E-state index contributed by atoms with van der Waals surface area (Å²) in [5, 5.41) is 2.70. The Morgan fingerprint density at radius 3 is 2.84 bits per heavy atom. The monoisotopic (exact) mass is 262 g/mol. The van der Waals surface area contributed by atoms with Gasteiger partial charge in [-0.05, 0) is 24.1 Å². The van der Waals surface area contributed by atoms with E-state index in [0.717, 1.165) is 0 Å². The van der Waals surface area contributed by atoms with Gasteiger partial charge in [-0.2, -0.15) is 0 Å². The van der Waals surface area contributed by atoms with Gasteiger partial charge in [-0.15, -0.1) is 0 Å². The lowest BCUT2D eigenvalue weighted by molar-refractivity contribution is -0.121. The first-order valence-electron chi connectivity index (χ1n) is 6.27. The van der Waals surface area contributed by atoms with Crippen LogP contribution in [-0.4, -0.2) is 12.5 Å². The van der Waals surface area contributed by atoms with Crippen molar-refractivity contribution in [2.24, 2.45) is 11.7 Å². The Hall–Kier alpha value is -1.86. The number of hydrogen-bond donors (Lipinski definition) is 2. The molecular formula is C15H19FN2O. The van der Waals surface area contributed by atoms with Gasteiger partial charge in [-0.1, -0.05) is 25.7 Å². The summed E-state index contributed by atoms with van der Waals surface area (Å²) < 4.78 is 13.6. The van der Waals surface area contributed by atoms with Crippen LogP contribution in [0.25, 0.3) is 0 Å². The van der Waals surface area contributed by atoms with E-state index in [0.29, 0.717) is 17.5 Å². The van der Waals surface area contributed by atoms with E-state index in [-0.39, 0.29) is 30.7 Å².